The molecular weight excluding hydrogens is 278 g/mol. The number of para-hydroxylation sites is 1. The predicted molar refractivity (Wildman–Crippen MR) is 73.7 cm³/mol. The van der Waals surface area contributed by atoms with Crippen molar-refractivity contribution in [2.24, 2.45) is 0 Å². The number of nitrogens with zero attached hydrogens (tertiary/aromatic N) is 2. The van der Waals surface area contributed by atoms with Crippen molar-refractivity contribution in [1.82, 2.24) is 15.3 Å². The number of aromatic nitrogens is 2. The molecule has 1 aliphatic heterocycles. The quantitative estimate of drug-likeness (QED) is 0.877. The number of fused-ring (bicyclic) bond motifs is 1. The summed E-state index contributed by atoms with van der Waals surface area (Å²) in [6.45, 7) is 0. The van der Waals surface area contributed by atoms with Crippen molar-refractivity contribution < 1.29 is 13.2 Å². The van der Waals surface area contributed by atoms with Crippen LogP contribution in [-0.4, -0.2) is 36.1 Å². The van der Waals surface area contributed by atoms with E-state index < -0.39 is 15.9 Å². The van der Waals surface area contributed by atoms with Gasteiger partial charge in [0.2, 0.25) is 0 Å². The summed E-state index contributed by atoms with van der Waals surface area (Å²) in [4.78, 5) is 20.5. The molecular formula is C13H11N3O3S. The Morgan fingerprint density at radius 3 is 2.80 bits per heavy atom. The first-order valence-electron chi connectivity index (χ1n) is 5.97. The smallest absolute Gasteiger partial charge is 0.254 e. The van der Waals surface area contributed by atoms with Crippen LogP contribution in [0.5, 0.6) is 0 Å². The molecule has 0 aliphatic carbocycles. The number of rotatable bonds is 2. The molecule has 20 heavy (non-hydrogen) atoms. The monoisotopic (exact) mass is 289 g/mol. The molecule has 1 N–H and O–H groups in total. The summed E-state index contributed by atoms with van der Waals surface area (Å²) < 4.78 is 22.6. The molecule has 2 aromatic rings. The van der Waals surface area contributed by atoms with Crippen LogP contribution in [0, 0.1) is 0 Å². The Kier molecular flexibility index (Phi) is 2.98. The molecule has 0 radical (unpaired) electrons. The van der Waals surface area contributed by atoms with Crippen molar-refractivity contribution in [3.63, 3.8) is 0 Å². The number of carbonyl (C=O) groups excluding carboxylic acids is 1. The van der Waals surface area contributed by atoms with Crippen LogP contribution in [0.1, 0.15) is 10.4 Å². The lowest BCUT2D eigenvalue weighted by Gasteiger charge is -2.10. The van der Waals surface area contributed by atoms with Gasteiger partial charge in [-0.15, -0.1) is 0 Å². The highest BCUT2D eigenvalue weighted by Gasteiger charge is 2.24. The number of carbonyl (C=O) groups is 1. The van der Waals surface area contributed by atoms with Gasteiger partial charge in [0, 0.05) is 17.8 Å². The standard InChI is InChI=1S/C13H11N3O3S/c17-13(16-9-4-7-20(18,19)8-9)10-2-1-3-11-12(10)15-6-5-14-11/h1-7,9H,8H2,(H,16,17)/t9-/m0/s1. The zero-order valence-corrected chi connectivity index (χ0v) is 11.2. The maximum atomic E-state index is 12.2. The average Bonchev–Trinajstić information content (AvgIpc) is 2.77. The fourth-order valence-electron chi connectivity index (χ4n) is 2.09. The van der Waals surface area contributed by atoms with E-state index in [9.17, 15) is 13.2 Å². The van der Waals surface area contributed by atoms with Gasteiger partial charge in [-0.2, -0.15) is 0 Å². The highest BCUT2D eigenvalue weighted by Crippen LogP contribution is 2.15. The SMILES string of the molecule is O=C(N[C@H]1C=CS(=O)(=O)C1)c1cccc2nccnc12. The van der Waals surface area contributed by atoms with Crippen molar-refractivity contribution in [2.45, 2.75) is 6.04 Å². The Hall–Kier alpha value is -2.28. The van der Waals surface area contributed by atoms with Crippen molar-refractivity contribution in [3.8, 4) is 0 Å². The third-order valence-electron chi connectivity index (χ3n) is 2.99. The number of hydrogen-bond donors (Lipinski definition) is 1. The van der Waals surface area contributed by atoms with Gasteiger partial charge in [0.1, 0.15) is 5.52 Å². The lowest BCUT2D eigenvalue weighted by atomic mass is 10.1. The zero-order chi connectivity index (χ0) is 14.2. The van der Waals surface area contributed by atoms with Gasteiger partial charge in [-0.1, -0.05) is 6.07 Å². The fourth-order valence-corrected chi connectivity index (χ4v) is 3.32. The van der Waals surface area contributed by atoms with E-state index in [2.05, 4.69) is 15.3 Å². The number of hydrogen-bond acceptors (Lipinski definition) is 5. The maximum Gasteiger partial charge on any atom is 0.254 e. The topological polar surface area (TPSA) is 89.0 Å². The van der Waals surface area contributed by atoms with Gasteiger partial charge in [-0.05, 0) is 18.2 Å². The van der Waals surface area contributed by atoms with E-state index in [0.717, 1.165) is 5.41 Å². The van der Waals surface area contributed by atoms with Crippen LogP contribution in [0.2, 0.25) is 0 Å². The van der Waals surface area contributed by atoms with Gasteiger partial charge in [0.05, 0.1) is 22.9 Å². The Bertz CT molecular complexity index is 809. The zero-order valence-electron chi connectivity index (χ0n) is 10.4. The lowest BCUT2D eigenvalue weighted by molar-refractivity contribution is 0.0949. The van der Waals surface area contributed by atoms with Crippen LogP contribution in [0.15, 0.2) is 42.1 Å². The molecule has 0 bridgehead atoms. The molecule has 102 valence electrons. The van der Waals surface area contributed by atoms with E-state index in [0.29, 0.717) is 16.6 Å². The molecule has 0 fully saturated rings. The summed E-state index contributed by atoms with van der Waals surface area (Å²) in [7, 11) is -3.19. The Balaban J connectivity index is 1.89. The van der Waals surface area contributed by atoms with Crippen molar-refractivity contribution in [2.75, 3.05) is 5.75 Å². The van der Waals surface area contributed by atoms with Gasteiger partial charge < -0.3 is 5.32 Å². The second-order valence-electron chi connectivity index (χ2n) is 4.47. The summed E-state index contributed by atoms with van der Waals surface area (Å²) in [5.41, 5.74) is 1.50. The minimum absolute atomic E-state index is 0.102. The second kappa shape index (κ2) is 4.68. The van der Waals surface area contributed by atoms with Gasteiger partial charge in [0.15, 0.2) is 9.84 Å². The first kappa shape index (κ1) is 12.7. The molecule has 7 heteroatoms. The molecule has 0 spiro atoms. The maximum absolute atomic E-state index is 12.2. The van der Waals surface area contributed by atoms with E-state index in [4.69, 9.17) is 0 Å². The Labute approximate surface area is 115 Å². The molecule has 1 aromatic carbocycles. The van der Waals surface area contributed by atoms with Gasteiger partial charge in [0.25, 0.3) is 5.91 Å². The molecule has 0 saturated heterocycles. The molecule has 2 heterocycles. The highest BCUT2D eigenvalue weighted by molar-refractivity contribution is 7.94. The molecule has 1 atom stereocenters. The number of nitrogens with one attached hydrogen (secondary N) is 1. The van der Waals surface area contributed by atoms with E-state index in [1.807, 2.05) is 0 Å². The molecule has 1 amide bonds. The van der Waals surface area contributed by atoms with Crippen LogP contribution < -0.4 is 5.32 Å². The van der Waals surface area contributed by atoms with Crippen molar-refractivity contribution in [1.29, 1.82) is 0 Å². The molecule has 1 aromatic heterocycles. The van der Waals surface area contributed by atoms with E-state index in [-0.39, 0.29) is 11.7 Å². The van der Waals surface area contributed by atoms with E-state index >= 15 is 0 Å². The van der Waals surface area contributed by atoms with Crippen LogP contribution in [0.25, 0.3) is 11.0 Å². The van der Waals surface area contributed by atoms with Gasteiger partial charge in [-0.25, -0.2) is 8.42 Å². The number of benzene rings is 1. The Morgan fingerprint density at radius 2 is 2.05 bits per heavy atom. The fraction of sp³-hybridized carbons (Fsp3) is 0.154. The average molecular weight is 289 g/mol. The lowest BCUT2D eigenvalue weighted by Crippen LogP contribution is -2.35. The van der Waals surface area contributed by atoms with Crippen LogP contribution in [-0.2, 0) is 9.84 Å². The first-order valence-corrected chi connectivity index (χ1v) is 7.68. The molecule has 1 aliphatic rings. The highest BCUT2D eigenvalue weighted by atomic mass is 32.2. The minimum Gasteiger partial charge on any atom is -0.345 e. The Morgan fingerprint density at radius 1 is 1.25 bits per heavy atom. The molecule has 0 saturated carbocycles. The van der Waals surface area contributed by atoms with Crippen LogP contribution in [0.3, 0.4) is 0 Å². The van der Waals surface area contributed by atoms with Crippen molar-refractivity contribution >= 4 is 26.8 Å². The third kappa shape index (κ3) is 2.39. The third-order valence-corrected chi connectivity index (χ3v) is 4.39. The first-order chi connectivity index (χ1) is 9.55. The summed E-state index contributed by atoms with van der Waals surface area (Å²) >= 11 is 0. The van der Waals surface area contributed by atoms with Gasteiger partial charge >= 0.3 is 0 Å². The minimum atomic E-state index is -3.19. The normalized spacial score (nSPS) is 20.1. The van der Waals surface area contributed by atoms with Crippen LogP contribution >= 0.6 is 0 Å². The van der Waals surface area contributed by atoms with Crippen LogP contribution in [0.4, 0.5) is 0 Å². The summed E-state index contributed by atoms with van der Waals surface area (Å²) in [6.07, 6.45) is 4.54. The predicted octanol–water partition coefficient (Wildman–Crippen LogP) is 0.670. The van der Waals surface area contributed by atoms with E-state index in [1.165, 1.54) is 12.3 Å². The van der Waals surface area contributed by atoms with Crippen molar-refractivity contribution in [3.05, 3.63) is 47.6 Å². The number of amides is 1. The second-order valence-corrected chi connectivity index (χ2v) is 6.40. The molecule has 3 rings (SSSR count). The summed E-state index contributed by atoms with van der Waals surface area (Å²) in [6, 6.07) is 4.62. The number of sulfone groups is 1. The largest absolute Gasteiger partial charge is 0.345 e. The summed E-state index contributed by atoms with van der Waals surface area (Å²) in [5, 5.41) is 3.80. The van der Waals surface area contributed by atoms with Gasteiger partial charge in [-0.3, -0.25) is 14.8 Å². The molecule has 0 unspecified atom stereocenters. The summed E-state index contributed by atoms with van der Waals surface area (Å²) in [5.74, 6) is -0.460. The van der Waals surface area contributed by atoms with E-state index in [1.54, 1.807) is 24.4 Å². The molecule has 6 nitrogen and oxygen atoms in total.